The second-order valence-electron chi connectivity index (χ2n) is 5.38. The number of nitrogens with one attached hydrogen (secondary N) is 1. The smallest absolute Gasteiger partial charge is 0.311 e. The molecule has 1 aliphatic rings. The summed E-state index contributed by atoms with van der Waals surface area (Å²) in [7, 11) is 0. The summed E-state index contributed by atoms with van der Waals surface area (Å²) in [6.07, 6.45) is 2.48. The fourth-order valence-electron chi connectivity index (χ4n) is 2.31. The molecule has 2 aromatic rings. The van der Waals surface area contributed by atoms with E-state index < -0.39 is 5.91 Å². The van der Waals surface area contributed by atoms with Crippen LogP contribution in [0.15, 0.2) is 59.5 Å². The summed E-state index contributed by atoms with van der Waals surface area (Å²) >= 11 is 0.848. The molecule has 0 unspecified atom stereocenters. The van der Waals surface area contributed by atoms with Crippen molar-refractivity contribution in [3.8, 4) is 5.75 Å². The molecule has 1 N–H and O–H groups in total. The van der Waals surface area contributed by atoms with Gasteiger partial charge in [0.1, 0.15) is 5.75 Å². The molecule has 2 amide bonds. The lowest BCUT2D eigenvalue weighted by atomic mass is 10.1. The van der Waals surface area contributed by atoms with Gasteiger partial charge in [-0.1, -0.05) is 42.5 Å². The molecule has 1 saturated heterocycles. The normalized spacial score (nSPS) is 15.3. The van der Waals surface area contributed by atoms with Crippen LogP contribution in [-0.4, -0.2) is 17.1 Å². The van der Waals surface area contributed by atoms with E-state index >= 15 is 0 Å². The molecule has 6 heteroatoms. The van der Waals surface area contributed by atoms with Crippen LogP contribution in [0.2, 0.25) is 0 Å². The van der Waals surface area contributed by atoms with Gasteiger partial charge in [-0.25, -0.2) is 0 Å². The first kappa shape index (κ1) is 17.0. The minimum Gasteiger partial charge on any atom is -0.426 e. The van der Waals surface area contributed by atoms with Crippen LogP contribution in [-0.2, 0) is 16.0 Å². The first-order valence-electron chi connectivity index (χ1n) is 7.70. The van der Waals surface area contributed by atoms with Crippen LogP contribution in [0.5, 0.6) is 5.75 Å². The third-order valence-electron chi connectivity index (χ3n) is 3.49. The summed E-state index contributed by atoms with van der Waals surface area (Å²) < 4.78 is 5.35. The molecule has 0 radical (unpaired) electrons. The van der Waals surface area contributed by atoms with Gasteiger partial charge >= 0.3 is 5.97 Å². The number of carbonyl (C=O) groups is 3. The number of hydrogen-bond acceptors (Lipinski definition) is 5. The topological polar surface area (TPSA) is 72.5 Å². The lowest BCUT2D eigenvalue weighted by molar-refractivity contribution is -0.134. The molecule has 25 heavy (non-hydrogen) atoms. The van der Waals surface area contributed by atoms with Crippen molar-refractivity contribution in [1.29, 1.82) is 0 Å². The van der Waals surface area contributed by atoms with Gasteiger partial charge in [-0.05, 0) is 47.5 Å². The highest BCUT2D eigenvalue weighted by Gasteiger charge is 2.24. The Bertz CT molecular complexity index is 846. The molecule has 0 saturated carbocycles. The maximum absolute atomic E-state index is 12.0. The van der Waals surface area contributed by atoms with E-state index in [4.69, 9.17) is 4.74 Å². The van der Waals surface area contributed by atoms with E-state index in [1.54, 1.807) is 30.3 Å². The van der Waals surface area contributed by atoms with Gasteiger partial charge in [0, 0.05) is 6.42 Å². The van der Waals surface area contributed by atoms with Crippen LogP contribution in [0.1, 0.15) is 17.5 Å². The summed E-state index contributed by atoms with van der Waals surface area (Å²) in [5.41, 5.74) is 1.76. The fourth-order valence-corrected chi connectivity index (χ4v) is 3.00. The second kappa shape index (κ2) is 7.81. The standard InChI is InChI=1S/C19H15NO4S/c21-17(10-9-13-5-2-1-3-6-13)24-15-8-4-7-14(11-15)12-16-18(22)20-19(23)25-16/h1-8,11-12H,9-10H2,(H,20,22,23)/b16-12-. The van der Waals surface area contributed by atoms with Crippen LogP contribution in [0, 0.1) is 0 Å². The van der Waals surface area contributed by atoms with Crippen molar-refractivity contribution >= 4 is 35.0 Å². The fraction of sp³-hybridized carbons (Fsp3) is 0.105. The number of thioether (sulfide) groups is 1. The van der Waals surface area contributed by atoms with Crippen molar-refractivity contribution < 1.29 is 19.1 Å². The summed E-state index contributed by atoms with van der Waals surface area (Å²) in [5.74, 6) is -0.334. The van der Waals surface area contributed by atoms with E-state index in [-0.39, 0.29) is 17.6 Å². The minimum absolute atomic E-state index is 0.280. The highest BCUT2D eigenvalue weighted by molar-refractivity contribution is 8.18. The van der Waals surface area contributed by atoms with E-state index in [0.717, 1.165) is 17.3 Å². The highest BCUT2D eigenvalue weighted by atomic mass is 32.2. The van der Waals surface area contributed by atoms with E-state index in [9.17, 15) is 14.4 Å². The molecule has 0 aromatic heterocycles. The van der Waals surface area contributed by atoms with Gasteiger partial charge in [-0.15, -0.1) is 0 Å². The van der Waals surface area contributed by atoms with Crippen molar-refractivity contribution in [2.24, 2.45) is 0 Å². The molecule has 0 aliphatic carbocycles. The van der Waals surface area contributed by atoms with E-state index in [1.165, 1.54) is 0 Å². The number of aryl methyl sites for hydroxylation is 1. The number of imide groups is 1. The Morgan fingerprint density at radius 2 is 1.88 bits per heavy atom. The number of esters is 1. The van der Waals surface area contributed by atoms with Gasteiger partial charge < -0.3 is 4.74 Å². The summed E-state index contributed by atoms with van der Waals surface area (Å²) in [6.45, 7) is 0. The molecule has 1 aliphatic heterocycles. The molecule has 126 valence electrons. The number of rotatable bonds is 5. The lowest BCUT2D eigenvalue weighted by Gasteiger charge is -2.05. The van der Waals surface area contributed by atoms with Gasteiger partial charge in [0.15, 0.2) is 0 Å². The second-order valence-corrected chi connectivity index (χ2v) is 6.40. The Hall–Kier alpha value is -2.86. The van der Waals surface area contributed by atoms with Gasteiger partial charge in [0.25, 0.3) is 11.1 Å². The van der Waals surface area contributed by atoms with Crippen LogP contribution in [0.4, 0.5) is 4.79 Å². The van der Waals surface area contributed by atoms with Crippen LogP contribution < -0.4 is 10.1 Å². The molecule has 0 spiro atoms. The molecule has 2 aromatic carbocycles. The largest absolute Gasteiger partial charge is 0.426 e. The third-order valence-corrected chi connectivity index (χ3v) is 4.30. The number of benzene rings is 2. The zero-order chi connectivity index (χ0) is 17.6. The molecule has 5 nitrogen and oxygen atoms in total. The molecular formula is C19H15NO4S. The number of hydrogen-bond donors (Lipinski definition) is 1. The first-order chi connectivity index (χ1) is 12.1. The molecular weight excluding hydrogens is 338 g/mol. The Morgan fingerprint density at radius 3 is 2.60 bits per heavy atom. The Balaban J connectivity index is 1.61. The SMILES string of the molecule is O=C(CCc1ccccc1)Oc1cccc(/C=C2\SC(=O)NC2=O)c1. The van der Waals surface area contributed by atoms with Crippen molar-refractivity contribution in [3.05, 3.63) is 70.6 Å². The van der Waals surface area contributed by atoms with Gasteiger partial charge in [0.05, 0.1) is 4.91 Å². The summed E-state index contributed by atoms with van der Waals surface area (Å²) in [6, 6.07) is 16.5. The van der Waals surface area contributed by atoms with Crippen LogP contribution >= 0.6 is 11.8 Å². The van der Waals surface area contributed by atoms with Crippen molar-refractivity contribution in [2.45, 2.75) is 12.8 Å². The van der Waals surface area contributed by atoms with Crippen LogP contribution in [0.25, 0.3) is 6.08 Å². The number of carbonyl (C=O) groups excluding carboxylic acids is 3. The molecule has 1 heterocycles. The van der Waals surface area contributed by atoms with Gasteiger partial charge in [-0.3, -0.25) is 19.7 Å². The van der Waals surface area contributed by atoms with Crippen LogP contribution in [0.3, 0.4) is 0 Å². The number of ether oxygens (including phenoxy) is 1. The summed E-state index contributed by atoms with van der Waals surface area (Å²) in [5, 5.41) is 1.81. The monoisotopic (exact) mass is 353 g/mol. The van der Waals surface area contributed by atoms with Crippen molar-refractivity contribution in [2.75, 3.05) is 0 Å². The zero-order valence-corrected chi connectivity index (χ0v) is 14.0. The Morgan fingerprint density at radius 1 is 1.08 bits per heavy atom. The molecule has 0 bridgehead atoms. The highest BCUT2D eigenvalue weighted by Crippen LogP contribution is 2.26. The van der Waals surface area contributed by atoms with Crippen molar-refractivity contribution in [3.63, 3.8) is 0 Å². The van der Waals surface area contributed by atoms with Gasteiger partial charge in [-0.2, -0.15) is 0 Å². The quantitative estimate of drug-likeness (QED) is 0.506. The van der Waals surface area contributed by atoms with Gasteiger partial charge in [0.2, 0.25) is 0 Å². The Kier molecular flexibility index (Phi) is 5.30. The predicted octanol–water partition coefficient (Wildman–Crippen LogP) is 3.55. The average Bonchev–Trinajstić information content (AvgIpc) is 2.91. The molecule has 3 rings (SSSR count). The predicted molar refractivity (Wildman–Crippen MR) is 95.9 cm³/mol. The maximum Gasteiger partial charge on any atom is 0.311 e. The minimum atomic E-state index is -0.416. The lowest BCUT2D eigenvalue weighted by Crippen LogP contribution is -2.17. The average molecular weight is 353 g/mol. The van der Waals surface area contributed by atoms with Crippen molar-refractivity contribution in [1.82, 2.24) is 5.32 Å². The number of amides is 2. The third kappa shape index (κ3) is 4.81. The molecule has 0 atom stereocenters. The molecule has 1 fully saturated rings. The van der Waals surface area contributed by atoms with E-state index in [0.29, 0.717) is 22.6 Å². The first-order valence-corrected chi connectivity index (χ1v) is 8.51. The maximum atomic E-state index is 12.0. The van der Waals surface area contributed by atoms with E-state index in [2.05, 4.69) is 5.32 Å². The van der Waals surface area contributed by atoms with E-state index in [1.807, 2.05) is 30.3 Å². The Labute approximate surface area is 149 Å². The zero-order valence-electron chi connectivity index (χ0n) is 13.2. The summed E-state index contributed by atoms with van der Waals surface area (Å²) in [4.78, 5) is 35.0.